The van der Waals surface area contributed by atoms with Gasteiger partial charge in [-0.1, -0.05) is 17.7 Å². The molecule has 0 bridgehead atoms. The zero-order chi connectivity index (χ0) is 10.3. The van der Waals surface area contributed by atoms with E-state index in [-0.39, 0.29) is 6.03 Å². The molecule has 1 aromatic carbocycles. The number of benzene rings is 1. The number of fused-ring (bicyclic) bond motifs is 1. The molecule has 2 rings (SSSR count). The second kappa shape index (κ2) is 2.99. The molecule has 4 nitrogen and oxygen atoms in total. The molecule has 0 saturated carbocycles. The second-order valence-electron chi connectivity index (χ2n) is 3.62. The lowest BCUT2D eigenvalue weighted by atomic mass is 10.0. The topological polar surface area (TPSA) is 67.1 Å². The van der Waals surface area contributed by atoms with E-state index in [1.807, 2.05) is 26.0 Å². The third kappa shape index (κ3) is 1.33. The molecule has 0 aromatic heterocycles. The molecule has 2 amide bonds. The molecule has 1 heterocycles. The zero-order valence-electron chi connectivity index (χ0n) is 8.22. The Kier molecular flexibility index (Phi) is 1.93. The number of hydrogen-bond donors (Lipinski definition) is 3. The summed E-state index contributed by atoms with van der Waals surface area (Å²) in [4.78, 5) is 11.2. The Morgan fingerprint density at radius 2 is 2.07 bits per heavy atom. The van der Waals surface area contributed by atoms with Crippen molar-refractivity contribution in [2.45, 2.75) is 20.0 Å². The lowest BCUT2D eigenvalue weighted by Gasteiger charge is -2.26. The molecule has 74 valence electrons. The lowest BCUT2D eigenvalue weighted by Crippen LogP contribution is -2.42. The minimum absolute atomic E-state index is 0.239. The Labute approximate surface area is 82.5 Å². The van der Waals surface area contributed by atoms with E-state index in [1.54, 1.807) is 0 Å². The molecule has 1 aliphatic heterocycles. The van der Waals surface area contributed by atoms with Gasteiger partial charge in [0.1, 0.15) is 6.17 Å². The van der Waals surface area contributed by atoms with Crippen molar-refractivity contribution in [1.29, 1.82) is 0 Å². The zero-order valence-corrected chi connectivity index (χ0v) is 8.22. The van der Waals surface area contributed by atoms with Gasteiger partial charge in [-0.25, -0.2) is 4.79 Å². The van der Waals surface area contributed by atoms with E-state index in [0.717, 1.165) is 22.4 Å². The van der Waals surface area contributed by atoms with Gasteiger partial charge in [0.05, 0.1) is 5.69 Å². The summed E-state index contributed by atoms with van der Waals surface area (Å²) in [6, 6.07) is 3.77. The van der Waals surface area contributed by atoms with E-state index in [1.165, 1.54) is 0 Å². The predicted octanol–water partition coefficient (Wildman–Crippen LogP) is 1.40. The van der Waals surface area contributed by atoms with E-state index >= 15 is 0 Å². The number of aryl methyl sites for hydroxylation is 2. The van der Waals surface area contributed by atoms with Crippen LogP contribution < -0.4 is 16.4 Å². The van der Waals surface area contributed by atoms with E-state index in [4.69, 9.17) is 5.73 Å². The summed E-state index contributed by atoms with van der Waals surface area (Å²) < 4.78 is 0. The van der Waals surface area contributed by atoms with Crippen LogP contribution in [0.15, 0.2) is 12.1 Å². The first kappa shape index (κ1) is 9.02. The van der Waals surface area contributed by atoms with E-state index in [9.17, 15) is 4.79 Å². The van der Waals surface area contributed by atoms with Gasteiger partial charge in [0.25, 0.3) is 0 Å². The fourth-order valence-corrected chi connectivity index (χ4v) is 1.79. The van der Waals surface area contributed by atoms with Crippen LogP contribution in [0.2, 0.25) is 0 Å². The van der Waals surface area contributed by atoms with E-state index < -0.39 is 6.17 Å². The normalized spacial score (nSPS) is 19.6. The molecule has 4 heteroatoms. The highest BCUT2D eigenvalue weighted by atomic mass is 16.2. The maximum atomic E-state index is 11.2. The summed E-state index contributed by atoms with van der Waals surface area (Å²) in [6.45, 7) is 3.97. The molecule has 1 atom stereocenters. The second-order valence-corrected chi connectivity index (χ2v) is 3.62. The maximum absolute atomic E-state index is 11.2. The van der Waals surface area contributed by atoms with Crippen molar-refractivity contribution < 1.29 is 4.79 Å². The molecule has 0 aliphatic carbocycles. The minimum atomic E-state index is -0.405. The Balaban J connectivity index is 2.58. The molecule has 0 fully saturated rings. The van der Waals surface area contributed by atoms with Crippen molar-refractivity contribution in [2.24, 2.45) is 5.73 Å². The third-order valence-electron chi connectivity index (χ3n) is 2.37. The molecule has 0 saturated heterocycles. The summed E-state index contributed by atoms with van der Waals surface area (Å²) in [7, 11) is 0. The summed E-state index contributed by atoms with van der Waals surface area (Å²) >= 11 is 0. The molecule has 1 unspecified atom stereocenters. The number of urea groups is 1. The largest absolute Gasteiger partial charge is 0.320 e. The van der Waals surface area contributed by atoms with Gasteiger partial charge in [0.15, 0.2) is 0 Å². The van der Waals surface area contributed by atoms with Gasteiger partial charge in [0.2, 0.25) is 0 Å². The van der Waals surface area contributed by atoms with E-state index in [0.29, 0.717) is 0 Å². The number of hydrogen-bond acceptors (Lipinski definition) is 2. The average molecular weight is 191 g/mol. The van der Waals surface area contributed by atoms with Crippen molar-refractivity contribution in [3.8, 4) is 0 Å². The van der Waals surface area contributed by atoms with Crippen LogP contribution in [0.1, 0.15) is 22.9 Å². The highest BCUT2D eigenvalue weighted by molar-refractivity contribution is 5.93. The first-order chi connectivity index (χ1) is 6.58. The summed E-state index contributed by atoms with van der Waals surface area (Å²) in [5.41, 5.74) is 9.78. The summed E-state index contributed by atoms with van der Waals surface area (Å²) in [5.74, 6) is 0. The monoisotopic (exact) mass is 191 g/mol. The Morgan fingerprint density at radius 1 is 1.36 bits per heavy atom. The Hall–Kier alpha value is -1.55. The van der Waals surface area contributed by atoms with Gasteiger partial charge < -0.3 is 16.4 Å². The van der Waals surface area contributed by atoms with Crippen LogP contribution >= 0.6 is 0 Å². The van der Waals surface area contributed by atoms with Crippen LogP contribution in [0.5, 0.6) is 0 Å². The summed E-state index contributed by atoms with van der Waals surface area (Å²) in [6.07, 6.45) is -0.405. The maximum Gasteiger partial charge on any atom is 0.320 e. The number of nitrogens with two attached hydrogens (primary N) is 1. The number of nitrogens with one attached hydrogen (secondary N) is 2. The fourth-order valence-electron chi connectivity index (χ4n) is 1.79. The summed E-state index contributed by atoms with van der Waals surface area (Å²) in [5, 5.41) is 5.37. The Morgan fingerprint density at radius 3 is 2.79 bits per heavy atom. The van der Waals surface area contributed by atoms with Crippen molar-refractivity contribution in [2.75, 3.05) is 5.32 Å². The van der Waals surface area contributed by atoms with Gasteiger partial charge in [-0.15, -0.1) is 0 Å². The molecule has 1 aliphatic rings. The highest BCUT2D eigenvalue weighted by Crippen LogP contribution is 2.28. The quantitative estimate of drug-likeness (QED) is 0.580. The van der Waals surface area contributed by atoms with Crippen LogP contribution in [0.3, 0.4) is 0 Å². The van der Waals surface area contributed by atoms with Crippen LogP contribution in [0.4, 0.5) is 10.5 Å². The van der Waals surface area contributed by atoms with Crippen LogP contribution in [0, 0.1) is 13.8 Å². The molecule has 14 heavy (non-hydrogen) atoms. The number of carbonyl (C=O) groups excluding carboxylic acids is 1. The van der Waals surface area contributed by atoms with Gasteiger partial charge in [0, 0.05) is 5.56 Å². The molecular formula is C10H13N3O. The van der Waals surface area contributed by atoms with Crippen LogP contribution in [-0.4, -0.2) is 6.03 Å². The standard InChI is InChI=1S/C10H13N3O/c1-5-3-6(2)8-7(4-5)9(11)13-10(14)12-8/h3-4,9H,11H2,1-2H3,(H2,12,13,14). The van der Waals surface area contributed by atoms with Gasteiger partial charge in [-0.3, -0.25) is 0 Å². The van der Waals surface area contributed by atoms with Gasteiger partial charge in [-0.2, -0.15) is 0 Å². The molecular weight excluding hydrogens is 178 g/mol. The van der Waals surface area contributed by atoms with Crippen LogP contribution in [-0.2, 0) is 0 Å². The smallest absolute Gasteiger partial charge is 0.318 e. The number of amides is 2. The van der Waals surface area contributed by atoms with Crippen molar-refractivity contribution in [3.05, 3.63) is 28.8 Å². The van der Waals surface area contributed by atoms with Crippen molar-refractivity contribution in [1.82, 2.24) is 5.32 Å². The minimum Gasteiger partial charge on any atom is -0.318 e. The van der Waals surface area contributed by atoms with Gasteiger partial charge >= 0.3 is 6.03 Å². The van der Waals surface area contributed by atoms with Crippen molar-refractivity contribution >= 4 is 11.7 Å². The third-order valence-corrected chi connectivity index (χ3v) is 2.37. The number of rotatable bonds is 0. The number of carbonyl (C=O) groups is 1. The van der Waals surface area contributed by atoms with Crippen LogP contribution in [0.25, 0.3) is 0 Å². The molecule has 0 radical (unpaired) electrons. The molecule has 0 spiro atoms. The van der Waals surface area contributed by atoms with Crippen molar-refractivity contribution in [3.63, 3.8) is 0 Å². The first-order valence-corrected chi connectivity index (χ1v) is 4.52. The molecule has 1 aromatic rings. The lowest BCUT2D eigenvalue weighted by molar-refractivity contribution is 0.247. The average Bonchev–Trinajstić information content (AvgIpc) is 2.07. The van der Waals surface area contributed by atoms with E-state index in [2.05, 4.69) is 10.6 Å². The fraction of sp³-hybridized carbons (Fsp3) is 0.300. The van der Waals surface area contributed by atoms with Gasteiger partial charge in [-0.05, 0) is 19.4 Å². The first-order valence-electron chi connectivity index (χ1n) is 4.52. The highest BCUT2D eigenvalue weighted by Gasteiger charge is 2.22. The SMILES string of the molecule is Cc1cc(C)c2c(c1)C(N)NC(=O)N2. The predicted molar refractivity (Wildman–Crippen MR) is 55.0 cm³/mol. The molecule has 4 N–H and O–H groups in total. The number of anilines is 1. The Bertz CT molecular complexity index is 401.